The Balaban J connectivity index is 1.25. The monoisotopic (exact) mass is 473 g/mol. The van der Waals surface area contributed by atoms with Crippen molar-refractivity contribution in [2.45, 2.75) is 6.92 Å². The summed E-state index contributed by atoms with van der Waals surface area (Å²) in [4.78, 5) is 44.3. The molecule has 0 aliphatic carbocycles. The van der Waals surface area contributed by atoms with E-state index in [1.807, 2.05) is 43.3 Å². The van der Waals surface area contributed by atoms with E-state index in [1.54, 1.807) is 59.3 Å². The molecule has 174 valence electrons. The molecule has 0 spiro atoms. The SMILES string of the molecule is Cc1cc(NC(=O)c2ccc(N3C(=O)c4ccccc4C3=O)cc2)n(-c2ccc3ccccc3n2)n1. The van der Waals surface area contributed by atoms with E-state index < -0.39 is 0 Å². The predicted octanol–water partition coefficient (Wildman–Crippen LogP) is 4.78. The van der Waals surface area contributed by atoms with Crippen molar-refractivity contribution < 1.29 is 14.4 Å². The zero-order valence-electron chi connectivity index (χ0n) is 19.2. The van der Waals surface area contributed by atoms with Gasteiger partial charge in [0.05, 0.1) is 28.0 Å². The minimum Gasteiger partial charge on any atom is -0.306 e. The molecule has 1 N–H and O–H groups in total. The minimum atomic E-state index is -0.380. The molecule has 2 aromatic heterocycles. The standard InChI is InChI=1S/C28H19N5O3/c1-17-16-25(33(31-17)24-15-12-18-6-2-5-9-23(18)29-24)30-26(34)19-10-13-20(14-11-19)32-27(35)21-7-3-4-8-22(21)28(32)36/h2-16H,1H3,(H,30,34). The molecule has 8 heteroatoms. The summed E-state index contributed by atoms with van der Waals surface area (Å²) >= 11 is 0. The summed E-state index contributed by atoms with van der Waals surface area (Å²) in [6.07, 6.45) is 0. The second-order valence-corrected chi connectivity index (χ2v) is 8.44. The number of benzene rings is 3. The van der Waals surface area contributed by atoms with E-state index in [0.717, 1.165) is 21.5 Å². The van der Waals surface area contributed by atoms with Crippen LogP contribution in [0, 0.1) is 6.92 Å². The third-order valence-electron chi connectivity index (χ3n) is 6.06. The number of fused-ring (bicyclic) bond motifs is 2. The lowest BCUT2D eigenvalue weighted by molar-refractivity contribution is 0.0925. The molecule has 0 fully saturated rings. The highest BCUT2D eigenvalue weighted by atomic mass is 16.2. The molecule has 5 aromatic rings. The number of hydrogen-bond acceptors (Lipinski definition) is 5. The van der Waals surface area contributed by atoms with Crippen molar-refractivity contribution in [3.05, 3.63) is 113 Å². The highest BCUT2D eigenvalue weighted by Crippen LogP contribution is 2.28. The summed E-state index contributed by atoms with van der Waals surface area (Å²) in [7, 11) is 0. The molecular formula is C28H19N5O3. The Kier molecular flexibility index (Phi) is 4.93. The molecular weight excluding hydrogens is 454 g/mol. The Hall–Kier alpha value is -5.11. The van der Waals surface area contributed by atoms with Crippen LogP contribution in [0.4, 0.5) is 11.5 Å². The molecule has 0 saturated carbocycles. The number of rotatable bonds is 4. The topological polar surface area (TPSA) is 97.2 Å². The van der Waals surface area contributed by atoms with Crippen LogP contribution in [0.2, 0.25) is 0 Å². The van der Waals surface area contributed by atoms with Crippen LogP contribution in [0.25, 0.3) is 16.7 Å². The maximum absolute atomic E-state index is 13.0. The number of nitrogens with one attached hydrogen (secondary N) is 1. The quantitative estimate of drug-likeness (QED) is 0.379. The van der Waals surface area contributed by atoms with Crippen molar-refractivity contribution in [1.29, 1.82) is 0 Å². The van der Waals surface area contributed by atoms with Crippen LogP contribution in [0.3, 0.4) is 0 Å². The van der Waals surface area contributed by atoms with Gasteiger partial charge in [-0.2, -0.15) is 9.78 Å². The van der Waals surface area contributed by atoms with Crippen LogP contribution >= 0.6 is 0 Å². The van der Waals surface area contributed by atoms with Gasteiger partial charge in [0.2, 0.25) is 0 Å². The highest BCUT2D eigenvalue weighted by molar-refractivity contribution is 6.34. The zero-order valence-corrected chi connectivity index (χ0v) is 19.2. The molecule has 6 rings (SSSR count). The maximum Gasteiger partial charge on any atom is 0.266 e. The van der Waals surface area contributed by atoms with Crippen molar-refractivity contribution in [2.24, 2.45) is 0 Å². The summed E-state index contributed by atoms with van der Waals surface area (Å²) in [6, 6.07) is 26.4. The van der Waals surface area contributed by atoms with Crippen molar-refractivity contribution in [3.8, 4) is 5.82 Å². The van der Waals surface area contributed by atoms with Gasteiger partial charge in [0.25, 0.3) is 17.7 Å². The Labute approximate surface area is 205 Å². The number of para-hydroxylation sites is 1. The number of hydrogen-bond donors (Lipinski definition) is 1. The zero-order chi connectivity index (χ0) is 24.8. The molecule has 3 aromatic carbocycles. The Morgan fingerprint density at radius 3 is 2.19 bits per heavy atom. The van der Waals surface area contributed by atoms with Crippen molar-refractivity contribution in [2.75, 3.05) is 10.2 Å². The van der Waals surface area contributed by atoms with Crippen LogP contribution < -0.4 is 10.2 Å². The van der Waals surface area contributed by atoms with Gasteiger partial charge in [-0.1, -0.05) is 30.3 Å². The van der Waals surface area contributed by atoms with Gasteiger partial charge in [-0.3, -0.25) is 14.4 Å². The van der Waals surface area contributed by atoms with Crippen LogP contribution in [-0.4, -0.2) is 32.5 Å². The highest BCUT2D eigenvalue weighted by Gasteiger charge is 2.36. The third-order valence-corrected chi connectivity index (χ3v) is 6.06. The van der Waals surface area contributed by atoms with E-state index in [2.05, 4.69) is 15.4 Å². The summed E-state index contributed by atoms with van der Waals surface area (Å²) in [6.45, 7) is 1.84. The lowest BCUT2D eigenvalue weighted by Crippen LogP contribution is -2.29. The molecule has 0 saturated heterocycles. The molecule has 0 atom stereocenters. The largest absolute Gasteiger partial charge is 0.306 e. The van der Waals surface area contributed by atoms with E-state index in [4.69, 9.17) is 0 Å². The Bertz CT molecular complexity index is 1650. The lowest BCUT2D eigenvalue weighted by atomic mass is 10.1. The molecule has 0 bridgehead atoms. The molecule has 3 amide bonds. The number of imide groups is 1. The molecule has 3 heterocycles. The van der Waals surface area contributed by atoms with Gasteiger partial charge in [0, 0.05) is 17.0 Å². The fourth-order valence-electron chi connectivity index (χ4n) is 4.31. The normalized spacial score (nSPS) is 12.8. The molecule has 8 nitrogen and oxygen atoms in total. The van der Waals surface area contributed by atoms with E-state index in [1.165, 1.54) is 0 Å². The number of anilines is 2. The number of carbonyl (C=O) groups is 3. The first-order valence-corrected chi connectivity index (χ1v) is 11.3. The van der Waals surface area contributed by atoms with Crippen LogP contribution in [0.5, 0.6) is 0 Å². The predicted molar refractivity (Wildman–Crippen MR) is 136 cm³/mol. The summed E-state index contributed by atoms with van der Waals surface area (Å²) in [5.41, 5.74) is 3.06. The summed E-state index contributed by atoms with van der Waals surface area (Å²) in [5.74, 6) is -0.0567. The number of nitrogens with zero attached hydrogens (tertiary/aromatic N) is 4. The first-order valence-electron chi connectivity index (χ1n) is 11.3. The van der Waals surface area contributed by atoms with Crippen LogP contribution in [-0.2, 0) is 0 Å². The Morgan fingerprint density at radius 2 is 1.47 bits per heavy atom. The summed E-state index contributed by atoms with van der Waals surface area (Å²) < 4.78 is 1.59. The molecule has 1 aliphatic heterocycles. The van der Waals surface area contributed by atoms with E-state index >= 15 is 0 Å². The van der Waals surface area contributed by atoms with Gasteiger partial charge in [-0.15, -0.1) is 0 Å². The van der Waals surface area contributed by atoms with Gasteiger partial charge in [-0.25, -0.2) is 9.88 Å². The first-order chi connectivity index (χ1) is 17.5. The fourth-order valence-corrected chi connectivity index (χ4v) is 4.31. The molecule has 1 aliphatic rings. The van der Waals surface area contributed by atoms with Gasteiger partial charge >= 0.3 is 0 Å². The number of pyridine rings is 1. The molecule has 36 heavy (non-hydrogen) atoms. The van der Waals surface area contributed by atoms with Crippen molar-refractivity contribution in [1.82, 2.24) is 14.8 Å². The van der Waals surface area contributed by atoms with Gasteiger partial charge in [0.15, 0.2) is 5.82 Å². The third kappa shape index (κ3) is 3.52. The van der Waals surface area contributed by atoms with Gasteiger partial charge in [-0.05, 0) is 61.5 Å². The fraction of sp³-hybridized carbons (Fsp3) is 0.0357. The smallest absolute Gasteiger partial charge is 0.266 e. The summed E-state index contributed by atoms with van der Waals surface area (Å²) in [5, 5.41) is 8.39. The lowest BCUT2D eigenvalue weighted by Gasteiger charge is -2.14. The van der Waals surface area contributed by atoms with E-state index in [9.17, 15) is 14.4 Å². The average molecular weight is 473 g/mol. The Morgan fingerprint density at radius 1 is 0.806 bits per heavy atom. The van der Waals surface area contributed by atoms with E-state index in [-0.39, 0.29) is 17.7 Å². The molecule has 0 unspecified atom stereocenters. The van der Waals surface area contributed by atoms with Crippen molar-refractivity contribution in [3.63, 3.8) is 0 Å². The van der Waals surface area contributed by atoms with Crippen molar-refractivity contribution >= 4 is 40.1 Å². The van der Waals surface area contributed by atoms with E-state index in [0.29, 0.717) is 34.0 Å². The first kappa shape index (κ1) is 21.4. The maximum atomic E-state index is 13.0. The van der Waals surface area contributed by atoms with Gasteiger partial charge in [0.1, 0.15) is 5.82 Å². The van der Waals surface area contributed by atoms with Crippen LogP contribution in [0.1, 0.15) is 36.8 Å². The van der Waals surface area contributed by atoms with Crippen LogP contribution in [0.15, 0.2) is 91.0 Å². The number of aromatic nitrogens is 3. The molecule has 0 radical (unpaired) electrons. The number of amides is 3. The second-order valence-electron chi connectivity index (χ2n) is 8.44. The number of aryl methyl sites for hydroxylation is 1. The second kappa shape index (κ2) is 8.28. The number of carbonyl (C=O) groups excluding carboxylic acids is 3. The van der Waals surface area contributed by atoms with Gasteiger partial charge < -0.3 is 5.32 Å². The average Bonchev–Trinajstić information content (AvgIpc) is 3.40. The minimum absolute atomic E-state index is 0.356.